The molecular weight excluding hydrogens is 155 g/mol. The molecule has 2 saturated carbocycles. The van der Waals surface area contributed by atoms with Gasteiger partial charge in [0.2, 0.25) is 0 Å². The second-order valence-electron chi connectivity index (χ2n) is 5.22. The lowest BCUT2D eigenvalue weighted by molar-refractivity contribution is 0.0648. The van der Waals surface area contributed by atoms with E-state index in [9.17, 15) is 0 Å². The number of hydrogen-bond acceptors (Lipinski definition) is 0. The Labute approximate surface area is 83.9 Å². The highest BCUT2D eigenvalue weighted by Gasteiger charge is 2.47. The first-order valence-corrected chi connectivity index (χ1v) is 6.36. The fourth-order valence-electron chi connectivity index (χ4n) is 3.85. The molecule has 0 N–H and O–H groups in total. The van der Waals surface area contributed by atoms with Crippen LogP contribution in [0.15, 0.2) is 0 Å². The first kappa shape index (κ1) is 9.61. The van der Waals surface area contributed by atoms with Gasteiger partial charge in [-0.05, 0) is 36.5 Å². The first-order chi connectivity index (χ1) is 6.36. The van der Waals surface area contributed by atoms with Crippen molar-refractivity contribution in [3.05, 3.63) is 0 Å². The molecule has 74 valence electrons. The summed E-state index contributed by atoms with van der Waals surface area (Å²) in [5, 5.41) is 0. The van der Waals surface area contributed by atoms with Crippen LogP contribution in [0.4, 0.5) is 0 Å². The molecule has 13 heavy (non-hydrogen) atoms. The van der Waals surface area contributed by atoms with Crippen molar-refractivity contribution < 1.29 is 0 Å². The average molecular weight is 178 g/mol. The van der Waals surface area contributed by atoms with Crippen molar-refractivity contribution in [1.82, 2.24) is 0 Å². The summed E-state index contributed by atoms with van der Waals surface area (Å²) in [6.45, 7) is 2.32. The molecule has 0 bridgehead atoms. The summed E-state index contributed by atoms with van der Waals surface area (Å²) in [5.41, 5.74) is 0. The molecule has 0 heterocycles. The van der Waals surface area contributed by atoms with Gasteiger partial charge in [-0.25, -0.2) is 0 Å². The molecule has 0 amide bonds. The van der Waals surface area contributed by atoms with Crippen LogP contribution in [0.5, 0.6) is 0 Å². The predicted octanol–water partition coefficient (Wildman–Crippen LogP) is 2.89. The van der Waals surface area contributed by atoms with Crippen LogP contribution < -0.4 is 0 Å². The van der Waals surface area contributed by atoms with Gasteiger partial charge in [-0.15, -0.1) is 0 Å². The zero-order chi connectivity index (χ0) is 9.26. The minimum Gasteiger partial charge on any atom is -0.0780 e. The Morgan fingerprint density at radius 1 is 1.23 bits per heavy atom. The number of rotatable bonds is 4. The van der Waals surface area contributed by atoms with E-state index in [1.807, 2.05) is 0 Å². The lowest BCUT2D eigenvalue weighted by atomic mass is 9.60. The molecule has 1 heteroatoms. The molecule has 0 radical (unpaired) electrons. The van der Waals surface area contributed by atoms with Crippen LogP contribution in [0.1, 0.15) is 45.4 Å². The normalized spacial score (nSPS) is 42.8. The molecule has 0 nitrogen and oxygen atoms in total. The molecular formula is C12H23B. The van der Waals surface area contributed by atoms with E-state index in [2.05, 4.69) is 14.8 Å². The molecule has 2 fully saturated rings. The van der Waals surface area contributed by atoms with E-state index in [4.69, 9.17) is 0 Å². The molecule has 0 aromatic rings. The van der Waals surface area contributed by atoms with Crippen LogP contribution in [0.25, 0.3) is 0 Å². The third-order valence-electron chi connectivity index (χ3n) is 4.60. The Hall–Kier alpha value is 0.0649. The van der Waals surface area contributed by atoms with E-state index < -0.39 is 0 Å². The van der Waals surface area contributed by atoms with Gasteiger partial charge in [0.25, 0.3) is 0 Å². The van der Waals surface area contributed by atoms with Gasteiger partial charge >= 0.3 is 0 Å². The highest BCUT2D eigenvalue weighted by atomic mass is 14.5. The summed E-state index contributed by atoms with van der Waals surface area (Å²) < 4.78 is 0. The van der Waals surface area contributed by atoms with Gasteiger partial charge < -0.3 is 0 Å². The fourth-order valence-corrected chi connectivity index (χ4v) is 3.85. The monoisotopic (exact) mass is 178 g/mol. The van der Waals surface area contributed by atoms with Gasteiger partial charge in [0.15, 0.2) is 0 Å². The van der Waals surface area contributed by atoms with Crippen molar-refractivity contribution in [1.29, 1.82) is 0 Å². The summed E-state index contributed by atoms with van der Waals surface area (Å²) in [6.07, 6.45) is 10.5. The van der Waals surface area contributed by atoms with Crippen molar-refractivity contribution in [2.45, 2.75) is 51.8 Å². The second-order valence-corrected chi connectivity index (χ2v) is 5.22. The Morgan fingerprint density at radius 3 is 2.77 bits per heavy atom. The maximum Gasteiger partial charge on any atom is 0.101 e. The SMILES string of the molecule is BC[C@H]1CCC2CC(CCCC)C21. The first-order valence-electron chi connectivity index (χ1n) is 6.36. The van der Waals surface area contributed by atoms with Gasteiger partial charge in [-0.1, -0.05) is 38.9 Å². The zero-order valence-corrected chi connectivity index (χ0v) is 9.26. The molecule has 0 aromatic heterocycles. The predicted molar refractivity (Wildman–Crippen MR) is 60.7 cm³/mol. The van der Waals surface area contributed by atoms with E-state index in [-0.39, 0.29) is 0 Å². The summed E-state index contributed by atoms with van der Waals surface area (Å²) in [4.78, 5) is 0. The number of unbranched alkanes of at least 4 members (excludes halogenated alkanes) is 1. The maximum atomic E-state index is 2.39. The van der Waals surface area contributed by atoms with Crippen molar-refractivity contribution in [2.24, 2.45) is 23.7 Å². The Morgan fingerprint density at radius 2 is 2.08 bits per heavy atom. The smallest absolute Gasteiger partial charge is 0.0780 e. The summed E-state index contributed by atoms with van der Waals surface area (Å²) >= 11 is 0. The van der Waals surface area contributed by atoms with Crippen molar-refractivity contribution in [2.75, 3.05) is 0 Å². The van der Waals surface area contributed by atoms with Crippen LogP contribution in [-0.4, -0.2) is 7.85 Å². The highest BCUT2D eigenvalue weighted by molar-refractivity contribution is 6.08. The molecule has 2 aliphatic carbocycles. The average Bonchev–Trinajstić information content (AvgIpc) is 2.43. The Bertz CT molecular complexity index is 167. The van der Waals surface area contributed by atoms with E-state index in [0.29, 0.717) is 0 Å². The largest absolute Gasteiger partial charge is 0.101 e. The van der Waals surface area contributed by atoms with Crippen molar-refractivity contribution in [3.63, 3.8) is 0 Å². The fraction of sp³-hybridized carbons (Fsp3) is 1.00. The van der Waals surface area contributed by atoms with Crippen LogP contribution in [-0.2, 0) is 0 Å². The highest BCUT2D eigenvalue weighted by Crippen LogP contribution is 2.56. The standard InChI is InChI=1S/C12H23B/c1-2-3-4-9-7-10-5-6-11(8-13)12(9)10/h9-12H,2-8,13H2,1H3/t9?,10?,11-,12?/m1/s1. The number of hydrogen-bond donors (Lipinski definition) is 0. The summed E-state index contributed by atoms with van der Waals surface area (Å²) in [5.74, 6) is 4.57. The van der Waals surface area contributed by atoms with Crippen LogP contribution >= 0.6 is 0 Å². The van der Waals surface area contributed by atoms with Crippen molar-refractivity contribution in [3.8, 4) is 0 Å². The lowest BCUT2D eigenvalue weighted by Crippen LogP contribution is -2.36. The third-order valence-corrected chi connectivity index (χ3v) is 4.60. The van der Waals surface area contributed by atoms with E-state index >= 15 is 0 Å². The maximum absolute atomic E-state index is 2.39. The quantitative estimate of drug-likeness (QED) is 0.580. The topological polar surface area (TPSA) is 0 Å². The molecule has 4 atom stereocenters. The molecule has 0 saturated heterocycles. The number of fused-ring (bicyclic) bond motifs is 1. The van der Waals surface area contributed by atoms with Gasteiger partial charge in [0.05, 0.1) is 0 Å². The summed E-state index contributed by atoms with van der Waals surface area (Å²) in [7, 11) is 2.39. The molecule has 0 aromatic carbocycles. The van der Waals surface area contributed by atoms with E-state index in [1.165, 1.54) is 25.6 Å². The molecule has 2 rings (SSSR count). The van der Waals surface area contributed by atoms with Gasteiger partial charge in [0, 0.05) is 0 Å². The Kier molecular flexibility index (Phi) is 3.01. The van der Waals surface area contributed by atoms with Crippen LogP contribution in [0.2, 0.25) is 6.32 Å². The van der Waals surface area contributed by atoms with E-state index in [1.54, 1.807) is 19.3 Å². The van der Waals surface area contributed by atoms with Gasteiger partial charge in [-0.3, -0.25) is 0 Å². The van der Waals surface area contributed by atoms with Crippen LogP contribution in [0.3, 0.4) is 0 Å². The second kappa shape index (κ2) is 4.06. The zero-order valence-electron chi connectivity index (χ0n) is 9.26. The Balaban J connectivity index is 1.82. The minimum atomic E-state index is 1.11. The van der Waals surface area contributed by atoms with Crippen molar-refractivity contribution >= 4 is 7.85 Å². The van der Waals surface area contributed by atoms with Crippen LogP contribution in [0, 0.1) is 23.7 Å². The molecule has 2 aliphatic rings. The minimum absolute atomic E-state index is 1.11. The van der Waals surface area contributed by atoms with Gasteiger partial charge in [0.1, 0.15) is 7.85 Å². The summed E-state index contributed by atoms with van der Waals surface area (Å²) in [6, 6.07) is 0. The molecule has 0 aliphatic heterocycles. The van der Waals surface area contributed by atoms with Gasteiger partial charge in [-0.2, -0.15) is 0 Å². The lowest BCUT2D eigenvalue weighted by Gasteiger charge is -2.43. The molecule has 3 unspecified atom stereocenters. The third kappa shape index (κ3) is 1.67. The molecule has 0 spiro atoms. The van der Waals surface area contributed by atoms with E-state index in [0.717, 1.165) is 23.7 Å².